The summed E-state index contributed by atoms with van der Waals surface area (Å²) in [6.45, 7) is 2.74. The number of nitro benzene ring substituents is 1. The molecule has 1 heterocycles. The molecule has 182 valence electrons. The maximum atomic E-state index is 12.7. The minimum Gasteiger partial charge on any atom is -0.374 e. The first kappa shape index (κ1) is 24.9. The number of hydrogen-bond donors (Lipinski definition) is 1. The Morgan fingerprint density at radius 3 is 2.11 bits per heavy atom. The number of anilines is 1. The Balaban J connectivity index is 1.46. The molecule has 0 atom stereocenters. The normalized spacial score (nSPS) is 14.4. The minimum absolute atomic E-state index is 0.0791. The fourth-order valence-electron chi connectivity index (χ4n) is 4.24. The van der Waals surface area contributed by atoms with Crippen molar-refractivity contribution in [1.29, 1.82) is 5.26 Å². The Bertz CT molecular complexity index is 1260. The maximum absolute atomic E-state index is 12.7. The smallest absolute Gasteiger partial charge is 0.271 e. The number of nitrogens with zero attached hydrogens (tertiary/aromatic N) is 4. The van der Waals surface area contributed by atoms with Crippen LogP contribution in [-0.4, -0.2) is 46.8 Å². The summed E-state index contributed by atoms with van der Waals surface area (Å²) in [6.07, 6.45) is 1.54. The molecule has 0 radical (unpaired) electrons. The largest absolute Gasteiger partial charge is 0.374 e. The maximum Gasteiger partial charge on any atom is 0.271 e. The summed E-state index contributed by atoms with van der Waals surface area (Å²) in [5.74, 6) is -0.672. The first-order valence-corrected chi connectivity index (χ1v) is 11.8. The lowest BCUT2D eigenvalue weighted by molar-refractivity contribution is -0.384. The summed E-state index contributed by atoms with van der Waals surface area (Å²) in [5.41, 5.74) is 2.18. The van der Waals surface area contributed by atoms with Crippen LogP contribution < -0.4 is 5.32 Å². The molecule has 36 heavy (non-hydrogen) atoms. The van der Waals surface area contributed by atoms with Crippen LogP contribution in [0.4, 0.5) is 11.4 Å². The molecule has 8 nitrogen and oxygen atoms in total. The van der Waals surface area contributed by atoms with Gasteiger partial charge in [-0.25, -0.2) is 0 Å². The lowest BCUT2D eigenvalue weighted by atomic mass is 9.96. The second kappa shape index (κ2) is 11.5. The lowest BCUT2D eigenvalue weighted by Crippen LogP contribution is -2.46. The molecule has 1 fully saturated rings. The van der Waals surface area contributed by atoms with E-state index in [-0.39, 0.29) is 28.0 Å². The molecule has 1 N–H and O–H groups in total. The van der Waals surface area contributed by atoms with Crippen molar-refractivity contribution in [3.05, 3.63) is 117 Å². The Morgan fingerprint density at radius 1 is 1.00 bits per heavy atom. The van der Waals surface area contributed by atoms with Crippen molar-refractivity contribution in [3.8, 4) is 6.07 Å². The first-order chi connectivity index (χ1) is 17.5. The van der Waals surface area contributed by atoms with Gasteiger partial charge in [-0.05, 0) is 17.2 Å². The first-order valence-electron chi connectivity index (χ1n) is 11.4. The van der Waals surface area contributed by atoms with Crippen LogP contribution in [0.2, 0.25) is 5.02 Å². The Kier molecular flexibility index (Phi) is 7.95. The molecule has 0 spiro atoms. The molecule has 0 aromatic heterocycles. The molecule has 3 aromatic carbocycles. The minimum atomic E-state index is -0.672. The van der Waals surface area contributed by atoms with Crippen LogP contribution in [0.15, 0.2) is 90.6 Å². The number of amides is 1. The topological polar surface area (TPSA) is 103 Å². The highest BCUT2D eigenvalue weighted by atomic mass is 35.5. The fourth-order valence-corrected chi connectivity index (χ4v) is 4.41. The van der Waals surface area contributed by atoms with Crippen molar-refractivity contribution < 1.29 is 9.72 Å². The standard InChI is InChI=1S/C27H24ClN5O3/c28-24-12-11-23(33(35)36)17-25(24)30-27(34)22(18-29)19-31-13-15-32(16-14-31)26(20-7-3-1-4-8-20)21-9-5-2-6-10-21/h1-12,17,19,26H,13-16H2,(H,30,34)/b22-19-. The van der Waals surface area contributed by atoms with Crippen LogP contribution in [-0.2, 0) is 4.79 Å². The zero-order valence-corrected chi connectivity index (χ0v) is 20.1. The highest BCUT2D eigenvalue weighted by Gasteiger charge is 2.26. The zero-order chi connectivity index (χ0) is 25.5. The van der Waals surface area contributed by atoms with Crippen molar-refractivity contribution >= 4 is 28.9 Å². The van der Waals surface area contributed by atoms with Crippen LogP contribution >= 0.6 is 11.6 Å². The second-order valence-corrected chi connectivity index (χ2v) is 8.73. The third-order valence-corrected chi connectivity index (χ3v) is 6.36. The molecule has 4 rings (SSSR count). The van der Waals surface area contributed by atoms with Gasteiger partial charge in [0.15, 0.2) is 0 Å². The Hall–Kier alpha value is -4.19. The summed E-state index contributed by atoms with van der Waals surface area (Å²) >= 11 is 6.08. The van der Waals surface area contributed by atoms with E-state index in [1.165, 1.54) is 35.5 Å². The summed E-state index contributed by atoms with van der Waals surface area (Å²) in [7, 11) is 0. The molecule has 0 bridgehead atoms. The van der Waals surface area contributed by atoms with Gasteiger partial charge in [-0.15, -0.1) is 0 Å². The Morgan fingerprint density at radius 2 is 1.58 bits per heavy atom. The lowest BCUT2D eigenvalue weighted by Gasteiger charge is -2.39. The van der Waals surface area contributed by atoms with Gasteiger partial charge in [-0.1, -0.05) is 72.3 Å². The fraction of sp³-hybridized carbons (Fsp3) is 0.185. The van der Waals surface area contributed by atoms with Crippen molar-refractivity contribution in [2.45, 2.75) is 6.04 Å². The summed E-state index contributed by atoms with van der Waals surface area (Å²) in [5, 5.41) is 23.3. The summed E-state index contributed by atoms with van der Waals surface area (Å²) in [4.78, 5) is 27.5. The number of nitrogens with one attached hydrogen (secondary N) is 1. The Labute approximate surface area is 214 Å². The van der Waals surface area contributed by atoms with Gasteiger partial charge >= 0.3 is 0 Å². The van der Waals surface area contributed by atoms with Gasteiger partial charge < -0.3 is 10.2 Å². The molecule has 1 aliphatic heterocycles. The number of carbonyl (C=O) groups is 1. The van der Waals surface area contributed by atoms with Crippen molar-refractivity contribution in [1.82, 2.24) is 9.80 Å². The van der Waals surface area contributed by atoms with Crippen molar-refractivity contribution in [2.24, 2.45) is 0 Å². The molecule has 3 aromatic rings. The molecular weight excluding hydrogens is 478 g/mol. The number of nitriles is 1. The van der Waals surface area contributed by atoms with Gasteiger partial charge in [-0.2, -0.15) is 5.26 Å². The van der Waals surface area contributed by atoms with Crippen molar-refractivity contribution in [2.75, 3.05) is 31.5 Å². The van der Waals surface area contributed by atoms with E-state index in [0.29, 0.717) is 13.1 Å². The summed E-state index contributed by atoms with van der Waals surface area (Å²) in [6, 6.07) is 26.4. The monoisotopic (exact) mass is 501 g/mol. The predicted octanol–water partition coefficient (Wildman–Crippen LogP) is 5.00. The number of piperazine rings is 1. The zero-order valence-electron chi connectivity index (χ0n) is 19.4. The molecule has 1 amide bonds. The van der Waals surface area contributed by atoms with E-state index < -0.39 is 10.8 Å². The number of non-ortho nitro benzene ring substituents is 1. The van der Waals surface area contributed by atoms with E-state index >= 15 is 0 Å². The number of halogens is 1. The van der Waals surface area contributed by atoms with Crippen LogP contribution in [0.25, 0.3) is 0 Å². The van der Waals surface area contributed by atoms with Crippen LogP contribution in [0, 0.1) is 21.4 Å². The van der Waals surface area contributed by atoms with Gasteiger partial charge in [0.25, 0.3) is 11.6 Å². The number of carbonyl (C=O) groups excluding carboxylic acids is 1. The quantitative estimate of drug-likeness (QED) is 0.211. The van der Waals surface area contributed by atoms with E-state index in [9.17, 15) is 20.2 Å². The van der Waals surface area contributed by atoms with Crippen LogP contribution in [0.1, 0.15) is 17.2 Å². The molecule has 9 heteroatoms. The SMILES string of the molecule is N#C/C(=C/N1CCN(C(c2ccccc2)c2ccccc2)CC1)C(=O)Nc1cc([N+](=O)[O-])ccc1Cl. The van der Waals surface area contributed by atoms with E-state index in [2.05, 4.69) is 34.5 Å². The van der Waals surface area contributed by atoms with E-state index in [4.69, 9.17) is 11.6 Å². The predicted molar refractivity (Wildman–Crippen MR) is 138 cm³/mol. The highest BCUT2D eigenvalue weighted by Crippen LogP contribution is 2.30. The number of hydrogen-bond acceptors (Lipinski definition) is 6. The van der Waals surface area contributed by atoms with E-state index in [0.717, 1.165) is 13.1 Å². The van der Waals surface area contributed by atoms with Crippen molar-refractivity contribution in [3.63, 3.8) is 0 Å². The van der Waals surface area contributed by atoms with Gasteiger partial charge in [-0.3, -0.25) is 19.8 Å². The molecule has 1 saturated heterocycles. The number of benzene rings is 3. The number of rotatable bonds is 7. The molecule has 1 aliphatic rings. The average Bonchev–Trinajstić information content (AvgIpc) is 2.90. The average molecular weight is 502 g/mol. The third kappa shape index (κ3) is 5.89. The van der Waals surface area contributed by atoms with Crippen LogP contribution in [0.5, 0.6) is 0 Å². The molecule has 0 unspecified atom stereocenters. The molecular formula is C27H24ClN5O3. The van der Waals surface area contributed by atoms with E-state index in [1.54, 1.807) is 0 Å². The molecule has 0 aliphatic carbocycles. The van der Waals surface area contributed by atoms with Gasteiger partial charge in [0.2, 0.25) is 0 Å². The van der Waals surface area contributed by atoms with Gasteiger partial charge in [0.1, 0.15) is 11.6 Å². The third-order valence-electron chi connectivity index (χ3n) is 6.03. The van der Waals surface area contributed by atoms with Gasteiger partial charge in [0, 0.05) is 44.5 Å². The summed E-state index contributed by atoms with van der Waals surface area (Å²) < 4.78 is 0. The van der Waals surface area contributed by atoms with E-state index in [1.807, 2.05) is 47.4 Å². The number of nitro groups is 1. The van der Waals surface area contributed by atoms with Crippen LogP contribution in [0.3, 0.4) is 0 Å². The highest BCUT2D eigenvalue weighted by molar-refractivity contribution is 6.34. The van der Waals surface area contributed by atoms with Gasteiger partial charge in [0.05, 0.1) is 21.7 Å². The second-order valence-electron chi connectivity index (χ2n) is 8.33. The molecule has 0 saturated carbocycles.